The average Bonchev–Trinajstić information content (AvgIpc) is 2.70. The van der Waals surface area contributed by atoms with E-state index in [0.29, 0.717) is 6.54 Å². The number of piperidine rings is 1. The summed E-state index contributed by atoms with van der Waals surface area (Å²) in [7, 11) is 0. The third-order valence-electron chi connectivity index (χ3n) is 5.18. The van der Waals surface area contributed by atoms with Crippen LogP contribution < -0.4 is 16.8 Å². The quantitative estimate of drug-likeness (QED) is 0.599. The monoisotopic (exact) mass is 452 g/mol. The minimum Gasteiger partial charge on any atom is -0.369 e. The van der Waals surface area contributed by atoms with Gasteiger partial charge in [-0.3, -0.25) is 14.5 Å². The van der Waals surface area contributed by atoms with Gasteiger partial charge in [0.15, 0.2) is 0 Å². The van der Waals surface area contributed by atoms with Crippen LogP contribution in [0.15, 0.2) is 54.6 Å². The van der Waals surface area contributed by atoms with E-state index in [9.17, 15) is 9.59 Å². The molecule has 1 heterocycles. The Balaban J connectivity index is 0.00000225. The number of halogens is 2. The van der Waals surface area contributed by atoms with E-state index in [1.165, 1.54) is 0 Å². The second-order valence-corrected chi connectivity index (χ2v) is 7.44. The van der Waals surface area contributed by atoms with Crippen LogP contribution in [0.4, 0.5) is 5.69 Å². The zero-order chi connectivity index (χ0) is 19.9. The van der Waals surface area contributed by atoms with Gasteiger partial charge in [-0.05, 0) is 42.6 Å². The molecule has 5 N–H and O–H groups in total. The lowest BCUT2D eigenvalue weighted by Gasteiger charge is -2.31. The molecule has 1 saturated heterocycles. The summed E-state index contributed by atoms with van der Waals surface area (Å²) in [4.78, 5) is 25.9. The zero-order valence-corrected chi connectivity index (χ0v) is 18.5. The van der Waals surface area contributed by atoms with Crippen molar-refractivity contribution in [3.63, 3.8) is 0 Å². The van der Waals surface area contributed by atoms with Crippen LogP contribution >= 0.6 is 24.8 Å². The summed E-state index contributed by atoms with van der Waals surface area (Å²) in [5.74, 6) is -0.373. The number of rotatable bonds is 7. The van der Waals surface area contributed by atoms with Crippen LogP contribution in [0, 0.1) is 5.92 Å². The van der Waals surface area contributed by atoms with E-state index < -0.39 is 0 Å². The lowest BCUT2D eigenvalue weighted by atomic mass is 9.97. The molecule has 0 bridgehead atoms. The van der Waals surface area contributed by atoms with Gasteiger partial charge in [0.25, 0.3) is 0 Å². The first-order valence-corrected chi connectivity index (χ1v) is 9.72. The number of amides is 2. The largest absolute Gasteiger partial charge is 0.369 e. The van der Waals surface area contributed by atoms with Gasteiger partial charge in [0.2, 0.25) is 11.8 Å². The van der Waals surface area contributed by atoms with Crippen molar-refractivity contribution < 1.29 is 9.59 Å². The number of hydrogen-bond acceptors (Lipinski definition) is 4. The van der Waals surface area contributed by atoms with E-state index in [1.54, 1.807) is 0 Å². The number of anilines is 1. The third-order valence-corrected chi connectivity index (χ3v) is 5.18. The predicted molar refractivity (Wildman–Crippen MR) is 125 cm³/mol. The first-order valence-electron chi connectivity index (χ1n) is 9.72. The van der Waals surface area contributed by atoms with Crippen LogP contribution in [0.25, 0.3) is 0 Å². The number of carbonyl (C=O) groups is 2. The Hall–Kier alpha value is -2.12. The van der Waals surface area contributed by atoms with E-state index in [-0.39, 0.29) is 55.0 Å². The molecular formula is C22H30Cl2N4O2. The molecule has 6 nitrogen and oxygen atoms in total. The van der Waals surface area contributed by atoms with E-state index in [0.717, 1.165) is 42.7 Å². The van der Waals surface area contributed by atoms with Gasteiger partial charge in [-0.25, -0.2) is 0 Å². The minimum atomic E-state index is -0.322. The summed E-state index contributed by atoms with van der Waals surface area (Å²) in [6.07, 6.45) is 2.10. The Morgan fingerprint density at radius 1 is 1.07 bits per heavy atom. The Kier molecular flexibility index (Phi) is 10.8. The van der Waals surface area contributed by atoms with Crippen molar-refractivity contribution in [3.05, 3.63) is 65.7 Å². The molecule has 8 heteroatoms. The Bertz CT molecular complexity index is 803. The molecule has 2 aromatic rings. The van der Waals surface area contributed by atoms with Crippen molar-refractivity contribution in [2.45, 2.75) is 31.8 Å². The van der Waals surface area contributed by atoms with Gasteiger partial charge >= 0.3 is 0 Å². The first kappa shape index (κ1) is 25.9. The van der Waals surface area contributed by atoms with Gasteiger partial charge in [-0.1, -0.05) is 42.5 Å². The van der Waals surface area contributed by atoms with Crippen molar-refractivity contribution in [1.82, 2.24) is 4.90 Å². The summed E-state index contributed by atoms with van der Waals surface area (Å²) in [6.45, 7) is 2.46. The molecule has 0 aliphatic carbocycles. The van der Waals surface area contributed by atoms with Crippen molar-refractivity contribution in [1.29, 1.82) is 0 Å². The smallest absolute Gasteiger partial charge is 0.226 e. The number of nitrogens with one attached hydrogen (secondary N) is 1. The van der Waals surface area contributed by atoms with Gasteiger partial charge in [-0.15, -0.1) is 24.8 Å². The molecule has 3 rings (SSSR count). The normalized spacial score (nSPS) is 17.2. The molecule has 1 aliphatic rings. The van der Waals surface area contributed by atoms with Crippen molar-refractivity contribution in [2.24, 2.45) is 17.4 Å². The molecule has 1 fully saturated rings. The second kappa shape index (κ2) is 12.5. The van der Waals surface area contributed by atoms with E-state index >= 15 is 0 Å². The highest BCUT2D eigenvalue weighted by Crippen LogP contribution is 2.20. The molecule has 0 spiro atoms. The van der Waals surface area contributed by atoms with Crippen LogP contribution in [0.2, 0.25) is 0 Å². The standard InChI is InChI=1S/C22H28N4O2.2ClH/c23-20(17-5-2-1-3-6-17)13-21(27)25-19-10-8-16(9-11-19)14-26-12-4-7-18(15-26)22(24)28;;/h1-3,5-6,8-11,18,20H,4,7,12-15,23H2,(H2,24,28)(H,25,27);2*1H. The summed E-state index contributed by atoms with van der Waals surface area (Å²) < 4.78 is 0. The maximum atomic E-state index is 12.3. The van der Waals surface area contributed by atoms with Crippen LogP contribution in [0.1, 0.15) is 36.4 Å². The van der Waals surface area contributed by atoms with Crippen LogP contribution in [0.5, 0.6) is 0 Å². The molecule has 2 unspecified atom stereocenters. The van der Waals surface area contributed by atoms with E-state index in [4.69, 9.17) is 11.5 Å². The highest BCUT2D eigenvalue weighted by molar-refractivity contribution is 5.91. The molecule has 164 valence electrons. The van der Waals surface area contributed by atoms with Gasteiger partial charge in [0.05, 0.1) is 5.92 Å². The number of hydrogen-bond donors (Lipinski definition) is 3. The van der Waals surface area contributed by atoms with Crippen LogP contribution in [-0.4, -0.2) is 29.8 Å². The highest BCUT2D eigenvalue weighted by atomic mass is 35.5. The lowest BCUT2D eigenvalue weighted by Crippen LogP contribution is -2.40. The predicted octanol–water partition coefficient (Wildman–Crippen LogP) is 3.26. The maximum Gasteiger partial charge on any atom is 0.226 e. The number of nitrogens with zero attached hydrogens (tertiary/aromatic N) is 1. The topological polar surface area (TPSA) is 101 Å². The SMILES string of the molecule is Cl.Cl.NC(=O)C1CCCN(Cc2ccc(NC(=O)CC(N)c3ccccc3)cc2)C1. The van der Waals surface area contributed by atoms with Crippen LogP contribution in [0.3, 0.4) is 0 Å². The number of likely N-dealkylation sites (tertiary alicyclic amines) is 1. The molecule has 2 atom stereocenters. The van der Waals surface area contributed by atoms with E-state index in [2.05, 4.69) is 10.2 Å². The molecule has 0 aromatic heterocycles. The molecule has 0 saturated carbocycles. The first-order chi connectivity index (χ1) is 13.5. The Morgan fingerprint density at radius 3 is 2.37 bits per heavy atom. The summed E-state index contributed by atoms with van der Waals surface area (Å²) in [5.41, 5.74) is 14.4. The van der Waals surface area contributed by atoms with Gasteiger partial charge in [0, 0.05) is 31.2 Å². The number of benzene rings is 2. The summed E-state index contributed by atoms with van der Waals surface area (Å²) in [5, 5.41) is 2.90. The van der Waals surface area contributed by atoms with Crippen LogP contribution in [-0.2, 0) is 16.1 Å². The molecule has 0 radical (unpaired) electrons. The zero-order valence-electron chi connectivity index (χ0n) is 16.8. The third kappa shape index (κ3) is 7.61. The van der Waals surface area contributed by atoms with E-state index in [1.807, 2.05) is 54.6 Å². The van der Waals surface area contributed by atoms with Crippen molar-refractivity contribution in [2.75, 3.05) is 18.4 Å². The van der Waals surface area contributed by atoms with Gasteiger partial charge in [-0.2, -0.15) is 0 Å². The molecule has 1 aliphatic heterocycles. The fourth-order valence-electron chi connectivity index (χ4n) is 3.61. The Labute approximate surface area is 190 Å². The summed E-state index contributed by atoms with van der Waals surface area (Å²) >= 11 is 0. The molecular weight excluding hydrogens is 423 g/mol. The van der Waals surface area contributed by atoms with Crippen molar-refractivity contribution in [3.8, 4) is 0 Å². The Morgan fingerprint density at radius 2 is 1.73 bits per heavy atom. The fraction of sp³-hybridized carbons (Fsp3) is 0.364. The number of nitrogens with two attached hydrogens (primary N) is 2. The maximum absolute atomic E-state index is 12.3. The summed E-state index contributed by atoms with van der Waals surface area (Å²) in [6, 6.07) is 17.1. The second-order valence-electron chi connectivity index (χ2n) is 7.44. The molecule has 30 heavy (non-hydrogen) atoms. The lowest BCUT2D eigenvalue weighted by molar-refractivity contribution is -0.123. The minimum absolute atomic E-state index is 0. The van der Waals surface area contributed by atoms with Crippen molar-refractivity contribution >= 4 is 42.3 Å². The fourth-order valence-corrected chi connectivity index (χ4v) is 3.61. The highest BCUT2D eigenvalue weighted by Gasteiger charge is 2.23. The number of carbonyl (C=O) groups excluding carboxylic acids is 2. The molecule has 2 aromatic carbocycles. The average molecular weight is 453 g/mol. The van der Waals surface area contributed by atoms with Gasteiger partial charge < -0.3 is 16.8 Å². The molecule has 2 amide bonds. The number of primary amides is 1. The van der Waals surface area contributed by atoms with Gasteiger partial charge in [0.1, 0.15) is 0 Å².